The van der Waals surface area contributed by atoms with Crippen molar-refractivity contribution in [2.45, 2.75) is 38.1 Å². The van der Waals surface area contributed by atoms with Gasteiger partial charge >= 0.3 is 5.97 Å². The fourth-order valence-corrected chi connectivity index (χ4v) is 2.09. The van der Waals surface area contributed by atoms with Crippen LogP contribution in [0, 0.1) is 0 Å². The lowest BCUT2D eigenvalue weighted by molar-refractivity contribution is -0.140. The number of nitrogens with one attached hydrogen (secondary N) is 1. The van der Waals surface area contributed by atoms with E-state index in [9.17, 15) is 9.59 Å². The lowest BCUT2D eigenvalue weighted by Gasteiger charge is -2.25. The van der Waals surface area contributed by atoms with Crippen LogP contribution in [-0.4, -0.2) is 50.1 Å². The van der Waals surface area contributed by atoms with Crippen molar-refractivity contribution in [3.05, 3.63) is 0 Å². The highest BCUT2D eigenvalue weighted by atomic mass is 16.5. The Morgan fingerprint density at radius 3 is 3.06 bits per heavy atom. The van der Waals surface area contributed by atoms with Gasteiger partial charge in [0, 0.05) is 25.4 Å². The van der Waals surface area contributed by atoms with Crippen LogP contribution < -0.4 is 5.32 Å². The Balaban J connectivity index is 2.27. The van der Waals surface area contributed by atoms with Gasteiger partial charge in [-0.25, -0.2) is 0 Å². The first-order valence-electron chi connectivity index (χ1n) is 6.17. The average molecular weight is 242 g/mol. The van der Waals surface area contributed by atoms with Gasteiger partial charge in [-0.05, 0) is 32.9 Å². The molecule has 0 aromatic heterocycles. The molecule has 1 aliphatic heterocycles. The molecule has 0 aromatic carbocycles. The third kappa shape index (κ3) is 5.17. The van der Waals surface area contributed by atoms with E-state index in [0.29, 0.717) is 18.9 Å². The van der Waals surface area contributed by atoms with E-state index in [2.05, 4.69) is 15.0 Å². The SMILES string of the molecule is COC(=O)CCCN(C)C1CCCNC(=O)C1. The number of esters is 1. The van der Waals surface area contributed by atoms with Crippen LogP contribution in [0.2, 0.25) is 0 Å². The van der Waals surface area contributed by atoms with Crippen LogP contribution in [0.25, 0.3) is 0 Å². The van der Waals surface area contributed by atoms with E-state index in [-0.39, 0.29) is 11.9 Å². The summed E-state index contributed by atoms with van der Waals surface area (Å²) < 4.78 is 4.59. The summed E-state index contributed by atoms with van der Waals surface area (Å²) in [6, 6.07) is 0.301. The molecule has 5 heteroatoms. The zero-order valence-electron chi connectivity index (χ0n) is 10.7. The van der Waals surface area contributed by atoms with Crippen LogP contribution in [0.3, 0.4) is 0 Å². The molecular formula is C12H22N2O3. The zero-order valence-corrected chi connectivity index (χ0v) is 10.7. The minimum atomic E-state index is -0.169. The van der Waals surface area contributed by atoms with Crippen LogP contribution in [0.15, 0.2) is 0 Å². The van der Waals surface area contributed by atoms with E-state index in [0.717, 1.165) is 32.4 Å². The first-order chi connectivity index (χ1) is 8.13. The highest BCUT2D eigenvalue weighted by Gasteiger charge is 2.20. The predicted molar refractivity (Wildman–Crippen MR) is 64.5 cm³/mol. The van der Waals surface area contributed by atoms with Gasteiger partial charge in [0.05, 0.1) is 7.11 Å². The van der Waals surface area contributed by atoms with Gasteiger partial charge in [-0.1, -0.05) is 0 Å². The Morgan fingerprint density at radius 2 is 2.35 bits per heavy atom. The van der Waals surface area contributed by atoms with Crippen molar-refractivity contribution >= 4 is 11.9 Å². The van der Waals surface area contributed by atoms with Crippen LogP contribution in [0.4, 0.5) is 0 Å². The fourth-order valence-electron chi connectivity index (χ4n) is 2.09. The number of ether oxygens (including phenoxy) is 1. The van der Waals surface area contributed by atoms with Crippen molar-refractivity contribution in [2.75, 3.05) is 27.2 Å². The number of hydrogen-bond acceptors (Lipinski definition) is 4. The van der Waals surface area contributed by atoms with Gasteiger partial charge in [0.15, 0.2) is 0 Å². The lowest BCUT2D eigenvalue weighted by Crippen LogP contribution is -2.35. The number of carbonyl (C=O) groups is 2. The van der Waals surface area contributed by atoms with Crippen molar-refractivity contribution in [2.24, 2.45) is 0 Å². The number of amides is 1. The molecule has 0 spiro atoms. The highest BCUT2D eigenvalue weighted by molar-refractivity contribution is 5.76. The molecule has 1 heterocycles. The Morgan fingerprint density at radius 1 is 1.59 bits per heavy atom. The lowest BCUT2D eigenvalue weighted by atomic mass is 10.1. The van der Waals surface area contributed by atoms with Crippen LogP contribution >= 0.6 is 0 Å². The Bertz CT molecular complexity index is 268. The summed E-state index contributed by atoms with van der Waals surface area (Å²) in [5.41, 5.74) is 0. The topological polar surface area (TPSA) is 58.6 Å². The number of nitrogens with zero attached hydrogens (tertiary/aromatic N) is 1. The quantitative estimate of drug-likeness (QED) is 0.715. The van der Waals surface area contributed by atoms with E-state index in [1.165, 1.54) is 7.11 Å². The molecule has 5 nitrogen and oxygen atoms in total. The molecule has 17 heavy (non-hydrogen) atoms. The number of rotatable bonds is 5. The fraction of sp³-hybridized carbons (Fsp3) is 0.833. The molecule has 98 valence electrons. The van der Waals surface area contributed by atoms with Crippen molar-refractivity contribution in [1.82, 2.24) is 10.2 Å². The third-order valence-electron chi connectivity index (χ3n) is 3.20. The second-order valence-corrected chi connectivity index (χ2v) is 4.51. The maximum Gasteiger partial charge on any atom is 0.305 e. The standard InChI is InChI=1S/C12H22N2O3/c1-14(8-4-6-12(16)17-2)10-5-3-7-13-11(15)9-10/h10H,3-9H2,1-2H3,(H,13,15). The molecule has 0 aromatic rings. The molecule has 0 saturated carbocycles. The Labute approximate surface area is 102 Å². The molecule has 0 radical (unpaired) electrons. The van der Waals surface area contributed by atoms with Gasteiger partial charge in [-0.2, -0.15) is 0 Å². The summed E-state index contributed by atoms with van der Waals surface area (Å²) in [7, 11) is 3.42. The maximum absolute atomic E-state index is 11.4. The highest BCUT2D eigenvalue weighted by Crippen LogP contribution is 2.13. The van der Waals surface area contributed by atoms with Gasteiger partial charge in [0.2, 0.25) is 5.91 Å². The number of carbonyl (C=O) groups excluding carboxylic acids is 2. The van der Waals surface area contributed by atoms with Crippen molar-refractivity contribution in [3.8, 4) is 0 Å². The summed E-state index contributed by atoms with van der Waals surface area (Å²) in [4.78, 5) is 24.6. The first kappa shape index (κ1) is 14.0. The Kier molecular flexibility index (Phi) is 5.97. The molecule has 1 N–H and O–H groups in total. The van der Waals surface area contributed by atoms with Gasteiger partial charge < -0.3 is 15.0 Å². The summed E-state index contributed by atoms with van der Waals surface area (Å²) in [6.45, 7) is 1.61. The van der Waals surface area contributed by atoms with Crippen LogP contribution in [0.5, 0.6) is 0 Å². The number of hydrogen-bond donors (Lipinski definition) is 1. The normalized spacial score (nSPS) is 20.9. The molecule has 1 amide bonds. The van der Waals surface area contributed by atoms with Crippen molar-refractivity contribution < 1.29 is 14.3 Å². The van der Waals surface area contributed by atoms with Gasteiger partial charge in [-0.3, -0.25) is 9.59 Å². The minimum absolute atomic E-state index is 0.132. The van der Waals surface area contributed by atoms with Gasteiger partial charge in [0.25, 0.3) is 0 Å². The zero-order chi connectivity index (χ0) is 12.7. The average Bonchev–Trinajstić information content (AvgIpc) is 2.53. The summed E-state index contributed by atoms with van der Waals surface area (Å²) in [5, 5.41) is 2.87. The number of methoxy groups -OCH3 is 1. The largest absolute Gasteiger partial charge is 0.469 e. The van der Waals surface area contributed by atoms with Crippen molar-refractivity contribution in [3.63, 3.8) is 0 Å². The van der Waals surface area contributed by atoms with E-state index in [1.54, 1.807) is 0 Å². The summed E-state index contributed by atoms with van der Waals surface area (Å²) >= 11 is 0. The smallest absolute Gasteiger partial charge is 0.305 e. The molecule has 1 atom stereocenters. The molecule has 1 rings (SSSR count). The molecule has 1 aliphatic rings. The van der Waals surface area contributed by atoms with Gasteiger partial charge in [0.1, 0.15) is 0 Å². The minimum Gasteiger partial charge on any atom is -0.469 e. The van der Waals surface area contributed by atoms with E-state index >= 15 is 0 Å². The first-order valence-corrected chi connectivity index (χ1v) is 6.17. The Hall–Kier alpha value is -1.10. The van der Waals surface area contributed by atoms with E-state index in [4.69, 9.17) is 0 Å². The molecule has 1 saturated heterocycles. The molecular weight excluding hydrogens is 220 g/mol. The maximum atomic E-state index is 11.4. The third-order valence-corrected chi connectivity index (χ3v) is 3.20. The summed E-state index contributed by atoms with van der Waals surface area (Å²) in [5.74, 6) is -0.0377. The second-order valence-electron chi connectivity index (χ2n) is 4.51. The predicted octanol–water partition coefficient (Wildman–Crippen LogP) is 0.540. The molecule has 1 fully saturated rings. The summed E-state index contributed by atoms with van der Waals surface area (Å²) in [6.07, 6.45) is 3.85. The van der Waals surface area contributed by atoms with Crippen molar-refractivity contribution in [1.29, 1.82) is 0 Å². The monoisotopic (exact) mass is 242 g/mol. The second kappa shape index (κ2) is 7.27. The van der Waals surface area contributed by atoms with E-state index in [1.807, 2.05) is 7.05 Å². The molecule has 1 unspecified atom stereocenters. The van der Waals surface area contributed by atoms with E-state index < -0.39 is 0 Å². The van der Waals surface area contributed by atoms with Crippen LogP contribution in [-0.2, 0) is 14.3 Å². The molecule has 0 bridgehead atoms. The van der Waals surface area contributed by atoms with Gasteiger partial charge in [-0.15, -0.1) is 0 Å². The molecule has 0 aliphatic carbocycles. The van der Waals surface area contributed by atoms with Crippen LogP contribution in [0.1, 0.15) is 32.1 Å².